The molecular formula is C19H18ClN3O3. The van der Waals surface area contributed by atoms with Crippen molar-refractivity contribution in [3.05, 3.63) is 71.4 Å². The number of halogens is 1. The molecule has 7 heteroatoms. The van der Waals surface area contributed by atoms with Gasteiger partial charge in [-0.25, -0.2) is 4.98 Å². The molecule has 0 radical (unpaired) electrons. The van der Waals surface area contributed by atoms with Crippen LogP contribution in [-0.2, 0) is 4.79 Å². The maximum Gasteiger partial charge on any atom is 0.259 e. The number of carbonyl (C=O) groups is 2. The molecule has 0 atom stereocenters. The van der Waals surface area contributed by atoms with E-state index in [1.54, 1.807) is 37.3 Å². The Labute approximate surface area is 156 Å². The van der Waals surface area contributed by atoms with Crippen LogP contribution in [0.3, 0.4) is 0 Å². The highest BCUT2D eigenvalue weighted by Gasteiger charge is 2.16. The second-order valence-corrected chi connectivity index (χ2v) is 5.70. The van der Waals surface area contributed by atoms with E-state index in [1.807, 2.05) is 0 Å². The van der Waals surface area contributed by atoms with E-state index in [1.165, 1.54) is 25.4 Å². The van der Waals surface area contributed by atoms with Crippen LogP contribution in [0.25, 0.3) is 0 Å². The van der Waals surface area contributed by atoms with Crippen molar-refractivity contribution in [1.82, 2.24) is 4.98 Å². The molecule has 1 heterocycles. The number of hydrogen-bond donors (Lipinski definition) is 2. The van der Waals surface area contributed by atoms with Crippen LogP contribution in [0, 0.1) is 0 Å². The van der Waals surface area contributed by atoms with Crippen LogP contribution in [0.5, 0.6) is 5.75 Å². The summed E-state index contributed by atoms with van der Waals surface area (Å²) in [6.45, 7) is 5.21. The van der Waals surface area contributed by atoms with Crippen molar-refractivity contribution < 1.29 is 14.3 Å². The molecule has 6 nitrogen and oxygen atoms in total. The zero-order valence-electron chi connectivity index (χ0n) is 14.4. The van der Waals surface area contributed by atoms with Crippen molar-refractivity contribution in [3.63, 3.8) is 0 Å². The molecule has 0 aliphatic carbocycles. The molecule has 0 aliphatic rings. The summed E-state index contributed by atoms with van der Waals surface area (Å²) >= 11 is 5.79. The molecule has 0 unspecified atom stereocenters. The van der Waals surface area contributed by atoms with E-state index >= 15 is 0 Å². The van der Waals surface area contributed by atoms with Gasteiger partial charge in [0.1, 0.15) is 11.6 Å². The summed E-state index contributed by atoms with van der Waals surface area (Å²) in [5.74, 6) is 0.0333. The van der Waals surface area contributed by atoms with Gasteiger partial charge >= 0.3 is 0 Å². The summed E-state index contributed by atoms with van der Waals surface area (Å²) < 4.78 is 5.17. The Bertz CT molecular complexity index is 861. The maximum atomic E-state index is 12.6. The summed E-state index contributed by atoms with van der Waals surface area (Å²) in [6.07, 6.45) is 4.52. The minimum atomic E-state index is -0.445. The Balaban J connectivity index is 2.30. The van der Waals surface area contributed by atoms with Gasteiger partial charge in [0, 0.05) is 11.8 Å². The highest BCUT2D eigenvalue weighted by molar-refractivity contribution is 6.30. The number of carbonyl (C=O) groups excluding carboxylic acids is 2. The molecule has 2 N–H and O–H groups in total. The zero-order valence-corrected chi connectivity index (χ0v) is 15.1. The molecule has 1 aromatic carbocycles. The van der Waals surface area contributed by atoms with Crippen molar-refractivity contribution in [2.24, 2.45) is 0 Å². The first-order valence-electron chi connectivity index (χ1n) is 7.66. The predicted molar refractivity (Wildman–Crippen MR) is 103 cm³/mol. The first kappa shape index (κ1) is 19.2. The predicted octanol–water partition coefficient (Wildman–Crippen LogP) is 4.07. The normalized spacial score (nSPS) is 10.8. The van der Waals surface area contributed by atoms with Crippen LogP contribution in [-0.4, -0.2) is 23.9 Å². The number of amides is 2. The second-order valence-electron chi connectivity index (χ2n) is 5.27. The third-order valence-corrected chi connectivity index (χ3v) is 3.64. The Morgan fingerprint density at radius 1 is 1.23 bits per heavy atom. The van der Waals surface area contributed by atoms with Gasteiger partial charge in [-0.3, -0.25) is 9.59 Å². The lowest BCUT2D eigenvalue weighted by molar-refractivity contribution is -0.112. The topological polar surface area (TPSA) is 80.3 Å². The van der Waals surface area contributed by atoms with E-state index < -0.39 is 5.91 Å². The highest BCUT2D eigenvalue weighted by Crippen LogP contribution is 2.24. The molecule has 26 heavy (non-hydrogen) atoms. The van der Waals surface area contributed by atoms with Crippen LogP contribution < -0.4 is 15.4 Å². The molecule has 2 amide bonds. The Hall–Kier alpha value is -3.12. The van der Waals surface area contributed by atoms with E-state index in [0.29, 0.717) is 27.9 Å². The molecule has 2 aromatic rings. The zero-order chi connectivity index (χ0) is 19.1. The number of pyridine rings is 1. The van der Waals surface area contributed by atoms with Crippen LogP contribution in [0.15, 0.2) is 60.8 Å². The number of ether oxygens (including phenoxy) is 1. The minimum Gasteiger partial charge on any atom is -0.497 e. The Kier molecular flexibility index (Phi) is 6.52. The van der Waals surface area contributed by atoms with Gasteiger partial charge in [-0.1, -0.05) is 30.3 Å². The SMILES string of the molecule is C=C/C=C(\C)C(=O)Nc1ccc(OC)cc1C(=O)Nc1ccc(Cl)cn1. The summed E-state index contributed by atoms with van der Waals surface area (Å²) in [6, 6.07) is 7.98. The number of allylic oxidation sites excluding steroid dienone is 2. The van der Waals surface area contributed by atoms with Gasteiger partial charge in [0.25, 0.3) is 11.8 Å². The number of aromatic nitrogens is 1. The fraction of sp³-hybridized carbons (Fsp3) is 0.105. The molecule has 1 aromatic heterocycles. The summed E-state index contributed by atoms with van der Waals surface area (Å²) in [7, 11) is 1.49. The van der Waals surface area contributed by atoms with E-state index in [-0.39, 0.29) is 11.5 Å². The molecule has 0 bridgehead atoms. The van der Waals surface area contributed by atoms with Crippen molar-refractivity contribution in [3.8, 4) is 5.75 Å². The number of anilines is 2. The van der Waals surface area contributed by atoms with Gasteiger partial charge < -0.3 is 15.4 Å². The fourth-order valence-corrected chi connectivity index (χ4v) is 2.17. The smallest absolute Gasteiger partial charge is 0.259 e. The molecule has 134 valence electrons. The van der Waals surface area contributed by atoms with E-state index in [2.05, 4.69) is 22.2 Å². The lowest BCUT2D eigenvalue weighted by Gasteiger charge is -2.13. The Morgan fingerprint density at radius 3 is 2.62 bits per heavy atom. The van der Waals surface area contributed by atoms with Gasteiger partial charge in [0.2, 0.25) is 0 Å². The second kappa shape index (κ2) is 8.82. The van der Waals surface area contributed by atoms with Crippen molar-refractivity contribution in [1.29, 1.82) is 0 Å². The number of hydrogen-bond acceptors (Lipinski definition) is 4. The van der Waals surface area contributed by atoms with Crippen LogP contribution in [0.1, 0.15) is 17.3 Å². The van der Waals surface area contributed by atoms with Crippen molar-refractivity contribution in [2.75, 3.05) is 17.7 Å². The minimum absolute atomic E-state index is 0.237. The molecule has 0 saturated carbocycles. The lowest BCUT2D eigenvalue weighted by atomic mass is 10.1. The van der Waals surface area contributed by atoms with Gasteiger partial charge in [-0.2, -0.15) is 0 Å². The van der Waals surface area contributed by atoms with Gasteiger partial charge in [0.05, 0.1) is 23.4 Å². The van der Waals surface area contributed by atoms with Crippen LogP contribution >= 0.6 is 11.6 Å². The summed E-state index contributed by atoms with van der Waals surface area (Å²) in [5.41, 5.74) is 1.04. The van der Waals surface area contributed by atoms with Gasteiger partial charge in [0.15, 0.2) is 0 Å². The largest absolute Gasteiger partial charge is 0.497 e. The van der Waals surface area contributed by atoms with Crippen LogP contribution in [0.4, 0.5) is 11.5 Å². The third-order valence-electron chi connectivity index (χ3n) is 3.41. The molecule has 0 spiro atoms. The molecular weight excluding hydrogens is 354 g/mol. The first-order valence-corrected chi connectivity index (χ1v) is 8.04. The number of nitrogens with zero attached hydrogens (tertiary/aromatic N) is 1. The van der Waals surface area contributed by atoms with E-state index in [0.717, 1.165) is 0 Å². The third kappa shape index (κ3) is 4.94. The summed E-state index contributed by atoms with van der Waals surface area (Å²) in [4.78, 5) is 28.9. The molecule has 0 fully saturated rings. The van der Waals surface area contributed by atoms with Gasteiger partial charge in [-0.15, -0.1) is 0 Å². The average Bonchev–Trinajstić information content (AvgIpc) is 2.64. The quantitative estimate of drug-likeness (QED) is 0.592. The van der Waals surface area contributed by atoms with Crippen molar-refractivity contribution >= 4 is 34.9 Å². The average molecular weight is 372 g/mol. The first-order chi connectivity index (χ1) is 12.4. The Morgan fingerprint density at radius 2 is 2.00 bits per heavy atom. The molecule has 2 rings (SSSR count). The molecule has 0 saturated heterocycles. The van der Waals surface area contributed by atoms with Crippen molar-refractivity contribution in [2.45, 2.75) is 6.92 Å². The van der Waals surface area contributed by atoms with E-state index in [9.17, 15) is 9.59 Å². The number of rotatable bonds is 6. The maximum absolute atomic E-state index is 12.6. The number of benzene rings is 1. The molecule has 0 aliphatic heterocycles. The lowest BCUT2D eigenvalue weighted by Crippen LogP contribution is -2.19. The standard InChI is InChI=1S/C19H18ClN3O3/c1-4-5-12(2)18(24)22-16-8-7-14(26-3)10-15(16)19(25)23-17-9-6-13(20)11-21-17/h4-11H,1H2,2-3H3,(H,22,24)(H,21,23,25)/b12-5+. The van der Waals surface area contributed by atoms with Crippen LogP contribution in [0.2, 0.25) is 5.02 Å². The van der Waals surface area contributed by atoms with Gasteiger partial charge in [-0.05, 0) is 37.3 Å². The summed E-state index contributed by atoms with van der Waals surface area (Å²) in [5, 5.41) is 5.83. The van der Waals surface area contributed by atoms with E-state index in [4.69, 9.17) is 16.3 Å². The number of nitrogens with one attached hydrogen (secondary N) is 2. The highest BCUT2D eigenvalue weighted by atomic mass is 35.5. The monoisotopic (exact) mass is 371 g/mol. The fourth-order valence-electron chi connectivity index (χ4n) is 2.05. The number of methoxy groups -OCH3 is 1.